The van der Waals surface area contributed by atoms with Crippen molar-refractivity contribution in [2.45, 2.75) is 19.8 Å². The highest BCUT2D eigenvalue weighted by atomic mass is 35.5. The van der Waals surface area contributed by atoms with Crippen LogP contribution in [-0.4, -0.2) is 56.5 Å². The summed E-state index contributed by atoms with van der Waals surface area (Å²) < 4.78 is 4.87. The van der Waals surface area contributed by atoms with Gasteiger partial charge in [0.2, 0.25) is 5.91 Å². The van der Waals surface area contributed by atoms with Crippen LogP contribution < -0.4 is 10.6 Å². The van der Waals surface area contributed by atoms with Gasteiger partial charge in [0.05, 0.1) is 13.0 Å². The number of amides is 1. The van der Waals surface area contributed by atoms with Crippen molar-refractivity contribution in [1.29, 1.82) is 0 Å². The molecule has 0 aromatic heterocycles. The number of halogens is 1. The smallest absolute Gasteiger partial charge is 0.310 e. The molecule has 27 heavy (non-hydrogen) atoms. The summed E-state index contributed by atoms with van der Waals surface area (Å²) in [6, 6.07) is 7.02. The summed E-state index contributed by atoms with van der Waals surface area (Å²) >= 11 is 5.83. The average molecular weight is 395 g/mol. The number of nitrogens with one attached hydrogen (secondary N) is 2. The lowest BCUT2D eigenvalue weighted by atomic mass is 9.99. The first kappa shape index (κ1) is 21.0. The van der Waals surface area contributed by atoms with Crippen molar-refractivity contribution in [3.05, 3.63) is 29.3 Å². The lowest BCUT2D eigenvalue weighted by molar-refractivity contribution is -0.146. The molecule has 0 saturated carbocycles. The van der Waals surface area contributed by atoms with E-state index in [9.17, 15) is 9.59 Å². The minimum Gasteiger partial charge on any atom is -0.469 e. The molecule has 1 aromatic carbocycles. The Kier molecular flexibility index (Phi) is 7.91. The Morgan fingerprint density at radius 1 is 1.30 bits per heavy atom. The molecule has 2 N–H and O–H groups in total. The molecular formula is C19H27ClN4O3. The number of likely N-dealkylation sites (tertiary alicyclic amines) is 1. The molecule has 2 unspecified atom stereocenters. The number of hydrogen-bond donors (Lipinski definition) is 2. The molecule has 2 atom stereocenters. The number of hydrogen-bond acceptors (Lipinski definition) is 4. The number of methoxy groups -OCH3 is 1. The summed E-state index contributed by atoms with van der Waals surface area (Å²) in [6.07, 6.45) is 1.07. The van der Waals surface area contributed by atoms with Gasteiger partial charge in [0.1, 0.15) is 0 Å². The number of nitrogens with zero attached hydrogens (tertiary/aromatic N) is 2. The molecule has 0 bridgehead atoms. The lowest BCUT2D eigenvalue weighted by Crippen LogP contribution is -2.41. The summed E-state index contributed by atoms with van der Waals surface area (Å²) in [6.45, 7) is 3.99. The van der Waals surface area contributed by atoms with Crippen molar-refractivity contribution in [3.63, 3.8) is 0 Å². The van der Waals surface area contributed by atoms with Gasteiger partial charge < -0.3 is 20.3 Å². The fraction of sp³-hybridized carbons (Fsp3) is 0.526. The van der Waals surface area contributed by atoms with Crippen LogP contribution in [0.3, 0.4) is 0 Å². The summed E-state index contributed by atoms with van der Waals surface area (Å²) in [7, 11) is 3.13. The second-order valence-electron chi connectivity index (χ2n) is 6.64. The highest BCUT2D eigenvalue weighted by molar-refractivity contribution is 6.30. The normalized spacial score (nSPS) is 19.7. The number of rotatable bonds is 6. The number of benzene rings is 1. The summed E-state index contributed by atoms with van der Waals surface area (Å²) in [5, 5.41) is 6.74. The van der Waals surface area contributed by atoms with E-state index in [4.69, 9.17) is 16.3 Å². The molecule has 0 aliphatic carbocycles. The van der Waals surface area contributed by atoms with Gasteiger partial charge in [-0.25, -0.2) is 0 Å². The Morgan fingerprint density at radius 3 is 2.63 bits per heavy atom. The zero-order valence-corrected chi connectivity index (χ0v) is 16.8. The SMILES string of the molecule is CN=C(NCCCC(=O)Nc1ccc(Cl)cc1)N1CC(C)C(C(=O)OC)C1. The fourth-order valence-electron chi connectivity index (χ4n) is 3.14. The molecule has 8 heteroatoms. The van der Waals surface area contributed by atoms with E-state index in [1.54, 1.807) is 31.3 Å². The molecule has 1 aromatic rings. The molecular weight excluding hydrogens is 368 g/mol. The van der Waals surface area contributed by atoms with E-state index in [0.717, 1.165) is 18.2 Å². The van der Waals surface area contributed by atoms with Crippen LogP contribution in [0, 0.1) is 11.8 Å². The van der Waals surface area contributed by atoms with E-state index in [0.29, 0.717) is 31.0 Å². The van der Waals surface area contributed by atoms with Gasteiger partial charge in [-0.2, -0.15) is 0 Å². The van der Waals surface area contributed by atoms with E-state index in [-0.39, 0.29) is 23.7 Å². The zero-order chi connectivity index (χ0) is 19.8. The third-order valence-corrected chi connectivity index (χ3v) is 4.87. The van der Waals surface area contributed by atoms with Crippen LogP contribution in [0.4, 0.5) is 5.69 Å². The van der Waals surface area contributed by atoms with Gasteiger partial charge in [-0.05, 0) is 36.6 Å². The maximum absolute atomic E-state index is 12.0. The first-order valence-electron chi connectivity index (χ1n) is 9.03. The first-order chi connectivity index (χ1) is 12.9. The van der Waals surface area contributed by atoms with Gasteiger partial charge in [-0.3, -0.25) is 14.6 Å². The molecule has 0 radical (unpaired) electrons. The highest BCUT2D eigenvalue weighted by Crippen LogP contribution is 2.24. The van der Waals surface area contributed by atoms with E-state index < -0.39 is 0 Å². The number of esters is 1. The maximum atomic E-state index is 12.0. The second-order valence-corrected chi connectivity index (χ2v) is 7.08. The van der Waals surface area contributed by atoms with Crippen molar-refractivity contribution in [3.8, 4) is 0 Å². The molecule has 0 spiro atoms. The van der Waals surface area contributed by atoms with Gasteiger partial charge in [0.15, 0.2) is 5.96 Å². The van der Waals surface area contributed by atoms with Gasteiger partial charge in [0, 0.05) is 43.8 Å². The topological polar surface area (TPSA) is 83.0 Å². The molecule has 1 heterocycles. The van der Waals surface area contributed by atoms with Crippen LogP contribution in [0.25, 0.3) is 0 Å². The molecule has 7 nitrogen and oxygen atoms in total. The Balaban J connectivity index is 1.73. The number of carbonyl (C=O) groups excluding carboxylic acids is 2. The Bertz CT molecular complexity index is 678. The minimum absolute atomic E-state index is 0.0466. The Hall–Kier alpha value is -2.28. The maximum Gasteiger partial charge on any atom is 0.310 e. The van der Waals surface area contributed by atoms with Gasteiger partial charge in [-0.15, -0.1) is 0 Å². The number of anilines is 1. The quantitative estimate of drug-likeness (QED) is 0.335. The monoisotopic (exact) mass is 394 g/mol. The number of carbonyl (C=O) groups is 2. The molecule has 1 fully saturated rings. The summed E-state index contributed by atoms with van der Waals surface area (Å²) in [5.74, 6) is 0.584. The predicted molar refractivity (Wildman–Crippen MR) is 107 cm³/mol. The molecule has 2 rings (SSSR count). The summed E-state index contributed by atoms with van der Waals surface area (Å²) in [4.78, 5) is 30.2. The van der Waals surface area contributed by atoms with Gasteiger partial charge >= 0.3 is 5.97 Å². The predicted octanol–water partition coefficient (Wildman–Crippen LogP) is 2.38. The van der Waals surface area contributed by atoms with E-state index >= 15 is 0 Å². The average Bonchev–Trinajstić information content (AvgIpc) is 3.04. The molecule has 1 saturated heterocycles. The van der Waals surface area contributed by atoms with E-state index in [1.807, 2.05) is 6.92 Å². The van der Waals surface area contributed by atoms with E-state index in [2.05, 4.69) is 20.5 Å². The molecule has 1 aliphatic rings. The third kappa shape index (κ3) is 6.13. The van der Waals surface area contributed by atoms with Crippen LogP contribution in [0.15, 0.2) is 29.3 Å². The van der Waals surface area contributed by atoms with Crippen molar-refractivity contribution >= 4 is 35.1 Å². The summed E-state index contributed by atoms with van der Waals surface area (Å²) in [5.41, 5.74) is 0.730. The van der Waals surface area contributed by atoms with Crippen LogP contribution >= 0.6 is 11.6 Å². The van der Waals surface area contributed by atoms with Crippen LogP contribution in [0.5, 0.6) is 0 Å². The standard InChI is InChI=1S/C19H27ClN4O3/c1-13-11-24(12-16(13)18(26)27-3)19(21-2)22-10-4-5-17(25)23-15-8-6-14(20)7-9-15/h6-9,13,16H,4-5,10-12H2,1-3H3,(H,21,22)(H,23,25). The van der Waals surface area contributed by atoms with Crippen LogP contribution in [0.1, 0.15) is 19.8 Å². The van der Waals surface area contributed by atoms with Crippen LogP contribution in [-0.2, 0) is 14.3 Å². The number of ether oxygens (including phenoxy) is 1. The van der Waals surface area contributed by atoms with Crippen molar-refractivity contribution in [2.24, 2.45) is 16.8 Å². The molecule has 148 valence electrons. The fourth-order valence-corrected chi connectivity index (χ4v) is 3.26. The zero-order valence-electron chi connectivity index (χ0n) is 16.0. The van der Waals surface area contributed by atoms with Crippen molar-refractivity contribution in [1.82, 2.24) is 10.2 Å². The second kappa shape index (κ2) is 10.2. The number of aliphatic imine (C=N–C) groups is 1. The minimum atomic E-state index is -0.181. The Labute approximate surface area is 165 Å². The van der Waals surface area contributed by atoms with Crippen molar-refractivity contribution < 1.29 is 14.3 Å². The van der Waals surface area contributed by atoms with Crippen LogP contribution in [0.2, 0.25) is 5.02 Å². The van der Waals surface area contributed by atoms with Gasteiger partial charge in [0.25, 0.3) is 0 Å². The molecule has 1 aliphatic heterocycles. The van der Waals surface area contributed by atoms with Crippen molar-refractivity contribution in [2.75, 3.05) is 39.1 Å². The first-order valence-corrected chi connectivity index (χ1v) is 9.41. The molecule has 1 amide bonds. The highest BCUT2D eigenvalue weighted by Gasteiger charge is 2.36. The third-order valence-electron chi connectivity index (χ3n) is 4.62. The van der Waals surface area contributed by atoms with E-state index in [1.165, 1.54) is 7.11 Å². The largest absolute Gasteiger partial charge is 0.469 e. The number of guanidine groups is 1. The Morgan fingerprint density at radius 2 is 2.00 bits per heavy atom. The van der Waals surface area contributed by atoms with Gasteiger partial charge in [-0.1, -0.05) is 18.5 Å². The lowest BCUT2D eigenvalue weighted by Gasteiger charge is -2.21.